The molecule has 98 valence electrons. The molecule has 1 rings (SSSR count). The number of hydrogen-bond donors (Lipinski definition) is 4. The molecule has 8 heteroatoms. The van der Waals surface area contributed by atoms with Crippen molar-refractivity contribution in [3.05, 3.63) is 0 Å². The first-order valence-electron chi connectivity index (χ1n) is 5.82. The molecule has 1 fully saturated rings. The zero-order valence-electron chi connectivity index (χ0n) is 9.83. The average Bonchev–Trinajstić information content (AvgIpc) is 2.61. The molecule has 1 heterocycles. The van der Waals surface area contributed by atoms with E-state index in [1.54, 1.807) is 0 Å². The summed E-state index contributed by atoms with van der Waals surface area (Å²) < 4.78 is 0. The van der Waals surface area contributed by atoms with Crippen LogP contribution in [0.25, 0.3) is 0 Å². The lowest BCUT2D eigenvalue weighted by Gasteiger charge is -2.14. The van der Waals surface area contributed by atoms with Crippen LogP contribution in [0.4, 0.5) is 4.79 Å². The number of hydrogen-bond acceptors (Lipinski definition) is 5. The topological polar surface area (TPSA) is 107 Å². The summed E-state index contributed by atoms with van der Waals surface area (Å²) in [4.78, 5) is 13.2. The van der Waals surface area contributed by atoms with E-state index in [-0.39, 0.29) is 5.66 Å². The zero-order valence-corrected chi connectivity index (χ0v) is 10.7. The molecule has 0 bridgehead atoms. The number of nitrogens with two attached hydrogens (primary N) is 1. The van der Waals surface area contributed by atoms with Crippen LogP contribution >= 0.6 is 7.92 Å². The maximum absolute atomic E-state index is 11.1. The molecular weight excluding hydrogens is 242 g/mol. The van der Waals surface area contributed by atoms with Crippen molar-refractivity contribution in [2.24, 2.45) is 5.73 Å². The first kappa shape index (κ1) is 14.9. The largest absolute Gasteiger partial charge is 0.478 e. The lowest BCUT2D eigenvalue weighted by molar-refractivity contribution is 0.220. The van der Waals surface area contributed by atoms with Crippen LogP contribution in [0.15, 0.2) is 0 Å². The minimum atomic E-state index is -1.28. The van der Waals surface area contributed by atoms with E-state index in [0.29, 0.717) is 25.6 Å². The molecule has 2 atom stereocenters. The van der Waals surface area contributed by atoms with Crippen LogP contribution in [-0.2, 0) is 0 Å². The Morgan fingerprint density at radius 2 is 2.24 bits per heavy atom. The molecule has 6 nitrogen and oxygen atoms in total. The standard InChI is InChI=1S/C9H20BN2O4P/c11-4-5-12-6-8(2-1-3-10(15)16)17(7-12)9(13)14/h8,15-16H,1-7,11H2,(H,13,14). The highest BCUT2D eigenvalue weighted by Crippen LogP contribution is 2.49. The molecule has 1 saturated heterocycles. The van der Waals surface area contributed by atoms with Crippen molar-refractivity contribution in [1.82, 2.24) is 4.90 Å². The van der Waals surface area contributed by atoms with E-state index >= 15 is 0 Å². The van der Waals surface area contributed by atoms with Gasteiger partial charge in [-0.25, -0.2) is 4.79 Å². The van der Waals surface area contributed by atoms with E-state index in [0.717, 1.165) is 19.5 Å². The molecule has 0 radical (unpaired) electrons. The summed E-state index contributed by atoms with van der Waals surface area (Å²) in [5.41, 5.74) is 4.93. The molecule has 0 aromatic carbocycles. The Bertz CT molecular complexity index is 257. The third-order valence-electron chi connectivity index (χ3n) is 2.95. The summed E-state index contributed by atoms with van der Waals surface area (Å²) in [6.45, 7) is 2.06. The number of nitrogens with zero attached hydrogens (tertiary/aromatic N) is 1. The number of carbonyl (C=O) groups is 1. The average molecular weight is 262 g/mol. The van der Waals surface area contributed by atoms with Crippen LogP contribution in [0.5, 0.6) is 0 Å². The van der Waals surface area contributed by atoms with E-state index in [1.807, 2.05) is 0 Å². The highest BCUT2D eigenvalue weighted by atomic mass is 31.1. The van der Waals surface area contributed by atoms with Gasteiger partial charge >= 0.3 is 12.8 Å². The van der Waals surface area contributed by atoms with E-state index < -0.39 is 20.8 Å². The van der Waals surface area contributed by atoms with Gasteiger partial charge < -0.3 is 20.9 Å². The Balaban J connectivity index is 2.41. The van der Waals surface area contributed by atoms with Crippen LogP contribution in [0, 0.1) is 0 Å². The van der Waals surface area contributed by atoms with Crippen LogP contribution in [0.2, 0.25) is 6.32 Å². The fraction of sp³-hybridized carbons (Fsp3) is 0.889. The lowest BCUT2D eigenvalue weighted by atomic mass is 9.83. The van der Waals surface area contributed by atoms with Crippen molar-refractivity contribution in [1.29, 1.82) is 0 Å². The normalized spacial score (nSPS) is 25.1. The SMILES string of the molecule is NCCN1CC(CCCB(O)O)P(C(=O)O)C1. The molecular formula is C9H20BN2O4P. The smallest absolute Gasteiger partial charge is 0.451 e. The Hall–Kier alpha value is -0.195. The molecule has 0 aliphatic carbocycles. The Morgan fingerprint density at radius 1 is 1.53 bits per heavy atom. The van der Waals surface area contributed by atoms with Crippen LogP contribution in [0.1, 0.15) is 12.8 Å². The van der Waals surface area contributed by atoms with Crippen LogP contribution in [-0.4, -0.2) is 64.5 Å². The maximum atomic E-state index is 11.1. The summed E-state index contributed by atoms with van der Waals surface area (Å²) in [5, 5.41) is 26.7. The van der Waals surface area contributed by atoms with Gasteiger partial charge in [-0.05, 0) is 12.7 Å². The summed E-state index contributed by atoms with van der Waals surface area (Å²) in [7, 11) is -2.31. The number of rotatable bonds is 7. The third kappa shape index (κ3) is 4.90. The van der Waals surface area contributed by atoms with Crippen LogP contribution in [0.3, 0.4) is 0 Å². The van der Waals surface area contributed by atoms with Crippen molar-refractivity contribution in [2.45, 2.75) is 24.8 Å². The fourth-order valence-electron chi connectivity index (χ4n) is 2.13. The molecule has 5 N–H and O–H groups in total. The van der Waals surface area contributed by atoms with E-state index in [4.69, 9.17) is 20.9 Å². The second-order valence-corrected chi connectivity index (χ2v) is 6.66. The summed E-state index contributed by atoms with van der Waals surface area (Å²) in [6, 6.07) is 0. The maximum Gasteiger partial charge on any atom is 0.451 e. The summed E-state index contributed by atoms with van der Waals surface area (Å²) >= 11 is 0. The number of carboxylic acid groups (broad SMARTS) is 1. The molecule has 0 spiro atoms. The molecule has 17 heavy (non-hydrogen) atoms. The van der Waals surface area contributed by atoms with E-state index in [1.165, 1.54) is 0 Å². The van der Waals surface area contributed by atoms with Gasteiger partial charge in [0.15, 0.2) is 0 Å². The molecule has 0 aromatic rings. The van der Waals surface area contributed by atoms with Gasteiger partial charge in [0.25, 0.3) is 0 Å². The Labute approximate surface area is 103 Å². The highest BCUT2D eigenvalue weighted by molar-refractivity contribution is 7.75. The molecule has 0 aromatic heterocycles. The minimum Gasteiger partial charge on any atom is -0.478 e. The molecule has 1 aliphatic rings. The Morgan fingerprint density at radius 3 is 2.76 bits per heavy atom. The van der Waals surface area contributed by atoms with Crippen LogP contribution < -0.4 is 5.73 Å². The summed E-state index contributed by atoms with van der Waals surface area (Å²) in [6.07, 6.45) is 2.34. The van der Waals surface area contributed by atoms with Gasteiger partial charge in [0.05, 0.1) is 0 Å². The molecule has 0 saturated carbocycles. The quantitative estimate of drug-likeness (QED) is 0.380. The second-order valence-electron chi connectivity index (χ2n) is 4.32. The van der Waals surface area contributed by atoms with Gasteiger partial charge in [-0.1, -0.05) is 6.42 Å². The van der Waals surface area contributed by atoms with Gasteiger partial charge in [0, 0.05) is 39.5 Å². The first-order chi connectivity index (χ1) is 8.04. The van der Waals surface area contributed by atoms with Gasteiger partial charge in [-0.3, -0.25) is 4.90 Å². The predicted octanol–water partition coefficient (Wildman–Crippen LogP) is -0.000300. The molecule has 1 aliphatic heterocycles. The Kier molecular flexibility index (Phi) is 6.37. The zero-order chi connectivity index (χ0) is 12.8. The van der Waals surface area contributed by atoms with E-state index in [2.05, 4.69) is 4.90 Å². The lowest BCUT2D eigenvalue weighted by Crippen LogP contribution is -2.28. The first-order valence-corrected chi connectivity index (χ1v) is 7.42. The van der Waals surface area contributed by atoms with Crippen molar-refractivity contribution in [3.8, 4) is 0 Å². The highest BCUT2D eigenvalue weighted by Gasteiger charge is 2.36. The molecule has 0 amide bonds. The summed E-state index contributed by atoms with van der Waals surface area (Å²) in [5.74, 6) is 0. The van der Waals surface area contributed by atoms with Gasteiger partial charge in [-0.2, -0.15) is 0 Å². The van der Waals surface area contributed by atoms with Gasteiger partial charge in [0.1, 0.15) is 0 Å². The predicted molar refractivity (Wildman–Crippen MR) is 68.5 cm³/mol. The minimum absolute atomic E-state index is 0.160. The van der Waals surface area contributed by atoms with Crippen molar-refractivity contribution < 1.29 is 19.9 Å². The van der Waals surface area contributed by atoms with Crippen molar-refractivity contribution >= 4 is 20.8 Å². The molecule has 2 unspecified atom stereocenters. The van der Waals surface area contributed by atoms with Gasteiger partial charge in [-0.15, -0.1) is 0 Å². The van der Waals surface area contributed by atoms with E-state index in [9.17, 15) is 4.79 Å². The second kappa shape index (κ2) is 7.29. The van der Waals surface area contributed by atoms with Gasteiger partial charge in [0.2, 0.25) is 0 Å². The monoisotopic (exact) mass is 262 g/mol. The fourth-order valence-corrected chi connectivity index (χ4v) is 4.40. The third-order valence-corrected chi connectivity index (χ3v) is 5.45. The van der Waals surface area contributed by atoms with Crippen molar-refractivity contribution in [2.75, 3.05) is 25.9 Å². The van der Waals surface area contributed by atoms with Crippen molar-refractivity contribution in [3.63, 3.8) is 0 Å².